The van der Waals surface area contributed by atoms with Gasteiger partial charge in [0.1, 0.15) is 11.6 Å². The summed E-state index contributed by atoms with van der Waals surface area (Å²) in [6.45, 7) is 1.09. The zero-order chi connectivity index (χ0) is 23.9. The summed E-state index contributed by atoms with van der Waals surface area (Å²) in [5, 5.41) is 3.60. The minimum Gasteiger partial charge on any atom is -0.344 e. The Morgan fingerprint density at radius 3 is 2.36 bits per heavy atom. The number of fused-ring (bicyclic) bond motifs is 3. The van der Waals surface area contributed by atoms with Crippen molar-refractivity contribution in [2.24, 2.45) is 0 Å². The normalized spacial score (nSPS) is 20.2. The van der Waals surface area contributed by atoms with Crippen LogP contribution in [-0.4, -0.2) is 26.5 Å². The molecule has 2 aromatic heterocycles. The maximum atomic E-state index is 5.13. The second-order valence-corrected chi connectivity index (χ2v) is 10.9. The zero-order valence-electron chi connectivity index (χ0n) is 20.9. The Labute approximate surface area is 213 Å². The van der Waals surface area contributed by atoms with E-state index in [1.165, 1.54) is 90.6 Å². The summed E-state index contributed by atoms with van der Waals surface area (Å²) in [4.78, 5) is 17.1. The van der Waals surface area contributed by atoms with Crippen molar-refractivity contribution in [3.63, 3.8) is 0 Å². The lowest BCUT2D eigenvalue weighted by atomic mass is 9.90. The van der Waals surface area contributed by atoms with E-state index in [1.54, 1.807) is 0 Å². The molecule has 3 N–H and O–H groups in total. The Balaban J connectivity index is 1.16. The lowest BCUT2D eigenvalue weighted by Crippen LogP contribution is -2.14. The molecule has 2 fully saturated rings. The van der Waals surface area contributed by atoms with Crippen LogP contribution in [-0.2, 0) is 12.8 Å². The smallest absolute Gasteiger partial charge is 0.124 e. The first-order chi connectivity index (χ1) is 17.8. The van der Waals surface area contributed by atoms with Crippen LogP contribution in [0, 0.1) is 0 Å². The minimum absolute atomic E-state index is 0.378. The van der Waals surface area contributed by atoms with E-state index >= 15 is 0 Å². The van der Waals surface area contributed by atoms with Gasteiger partial charge in [-0.15, -0.1) is 0 Å². The molecule has 0 amide bonds. The maximum Gasteiger partial charge on any atom is 0.124 e. The van der Waals surface area contributed by atoms with Gasteiger partial charge >= 0.3 is 0 Å². The highest BCUT2D eigenvalue weighted by atomic mass is 15.0. The number of nitrogens with one attached hydrogen (secondary N) is 3. The molecule has 1 saturated heterocycles. The number of hydrogen-bond donors (Lipinski definition) is 3. The molecule has 5 nitrogen and oxygen atoms in total. The van der Waals surface area contributed by atoms with E-state index in [0.717, 1.165) is 36.7 Å². The maximum absolute atomic E-state index is 5.13. The molecule has 1 aliphatic heterocycles. The molecule has 3 heterocycles. The molecule has 3 aliphatic rings. The van der Waals surface area contributed by atoms with Crippen LogP contribution in [0.5, 0.6) is 0 Å². The molecule has 4 aromatic rings. The largest absolute Gasteiger partial charge is 0.344 e. The second kappa shape index (κ2) is 9.36. The summed E-state index contributed by atoms with van der Waals surface area (Å²) in [6.07, 6.45) is 14.2. The molecule has 0 bridgehead atoms. The van der Waals surface area contributed by atoms with E-state index in [0.29, 0.717) is 12.0 Å². The summed E-state index contributed by atoms with van der Waals surface area (Å²) in [5.41, 5.74) is 10.1. The van der Waals surface area contributed by atoms with Crippen LogP contribution in [0.25, 0.3) is 33.6 Å². The lowest BCUT2D eigenvalue weighted by molar-refractivity contribution is 0.610. The molecule has 0 radical (unpaired) electrons. The van der Waals surface area contributed by atoms with E-state index in [1.807, 2.05) is 6.20 Å². The first-order valence-corrected chi connectivity index (χ1v) is 13.9. The summed E-state index contributed by atoms with van der Waals surface area (Å²) in [5.74, 6) is 2.90. The van der Waals surface area contributed by atoms with Crippen molar-refractivity contribution in [1.29, 1.82) is 0 Å². The predicted octanol–water partition coefficient (Wildman–Crippen LogP) is 7.09. The summed E-state index contributed by atoms with van der Waals surface area (Å²) in [6, 6.07) is 16.3. The van der Waals surface area contributed by atoms with E-state index in [9.17, 15) is 0 Å². The molecule has 36 heavy (non-hydrogen) atoms. The summed E-state index contributed by atoms with van der Waals surface area (Å²) >= 11 is 0. The van der Waals surface area contributed by atoms with E-state index in [-0.39, 0.29) is 0 Å². The molecule has 2 aromatic carbocycles. The number of aromatic amines is 2. The average Bonchev–Trinajstić information content (AvgIpc) is 3.72. The number of benzene rings is 2. The van der Waals surface area contributed by atoms with E-state index < -0.39 is 0 Å². The molecule has 184 valence electrons. The Kier molecular flexibility index (Phi) is 5.73. The molecular formula is C31H35N5. The van der Waals surface area contributed by atoms with Gasteiger partial charge in [0.2, 0.25) is 0 Å². The molecule has 1 saturated carbocycles. The fourth-order valence-electron chi connectivity index (χ4n) is 6.48. The van der Waals surface area contributed by atoms with Crippen molar-refractivity contribution in [3.05, 3.63) is 71.6 Å². The first-order valence-electron chi connectivity index (χ1n) is 13.9. The molecule has 0 spiro atoms. The van der Waals surface area contributed by atoms with Crippen molar-refractivity contribution < 1.29 is 0 Å². The Hall–Kier alpha value is -3.18. The molecule has 7 rings (SSSR count). The van der Waals surface area contributed by atoms with Gasteiger partial charge in [-0.2, -0.15) is 0 Å². The predicted molar refractivity (Wildman–Crippen MR) is 145 cm³/mol. The molecule has 2 aliphatic carbocycles. The van der Waals surface area contributed by atoms with Gasteiger partial charge < -0.3 is 15.3 Å². The van der Waals surface area contributed by atoms with E-state index in [2.05, 4.69) is 57.7 Å². The third-order valence-corrected chi connectivity index (χ3v) is 8.54. The standard InChI is InChI=1S/C31H35N5/c1-2-7-22(6-1)30-33-19-28(35-30)21-13-11-20(12-14-21)23-15-16-25-24(18-23)8-3-4-9-26-29(25)36-31(34-26)27-10-5-17-32-27/h11-16,18-19,22,27,32H,1-10,17H2,(H,33,35)(H,34,36)/t27-/m0/s1. The Morgan fingerprint density at radius 2 is 1.53 bits per heavy atom. The Morgan fingerprint density at radius 1 is 0.722 bits per heavy atom. The fraction of sp³-hybridized carbons (Fsp3) is 0.419. The van der Waals surface area contributed by atoms with Gasteiger partial charge in [-0.05, 0) is 80.2 Å². The van der Waals surface area contributed by atoms with Crippen LogP contribution in [0.1, 0.15) is 86.2 Å². The van der Waals surface area contributed by atoms with Gasteiger partial charge in [0.25, 0.3) is 0 Å². The number of H-pyrrole nitrogens is 2. The molecule has 0 unspecified atom stereocenters. The number of imidazole rings is 2. The highest BCUT2D eigenvalue weighted by Gasteiger charge is 2.24. The minimum atomic E-state index is 0.378. The monoisotopic (exact) mass is 477 g/mol. The highest BCUT2D eigenvalue weighted by Crippen LogP contribution is 2.36. The third-order valence-electron chi connectivity index (χ3n) is 8.54. The van der Waals surface area contributed by atoms with E-state index in [4.69, 9.17) is 9.97 Å². The first kappa shape index (κ1) is 22.1. The van der Waals surface area contributed by atoms with Gasteiger partial charge in [0.15, 0.2) is 0 Å². The van der Waals surface area contributed by atoms with Crippen LogP contribution >= 0.6 is 0 Å². The molecular weight excluding hydrogens is 442 g/mol. The average molecular weight is 478 g/mol. The zero-order valence-corrected chi connectivity index (χ0v) is 20.9. The summed E-state index contributed by atoms with van der Waals surface area (Å²) < 4.78 is 0. The number of rotatable bonds is 4. The van der Waals surface area contributed by atoms with Crippen molar-refractivity contribution in [2.45, 2.75) is 76.2 Å². The highest BCUT2D eigenvalue weighted by molar-refractivity contribution is 5.75. The Bertz CT molecular complexity index is 1350. The van der Waals surface area contributed by atoms with Gasteiger partial charge in [-0.25, -0.2) is 9.97 Å². The van der Waals surface area contributed by atoms with Crippen LogP contribution in [0.3, 0.4) is 0 Å². The third kappa shape index (κ3) is 4.09. The quantitative estimate of drug-likeness (QED) is 0.294. The van der Waals surface area contributed by atoms with Crippen LogP contribution < -0.4 is 5.32 Å². The van der Waals surface area contributed by atoms with Crippen LogP contribution in [0.2, 0.25) is 0 Å². The van der Waals surface area contributed by atoms with Gasteiger partial charge in [-0.1, -0.05) is 55.3 Å². The van der Waals surface area contributed by atoms with Gasteiger partial charge in [0.05, 0.1) is 23.6 Å². The van der Waals surface area contributed by atoms with Crippen molar-refractivity contribution in [1.82, 2.24) is 25.3 Å². The lowest BCUT2D eigenvalue weighted by Gasteiger charge is -2.15. The number of aryl methyl sites for hydroxylation is 2. The number of hydrogen-bond acceptors (Lipinski definition) is 3. The van der Waals surface area contributed by atoms with Crippen molar-refractivity contribution >= 4 is 0 Å². The topological polar surface area (TPSA) is 69.4 Å². The van der Waals surface area contributed by atoms with Gasteiger partial charge in [0, 0.05) is 17.2 Å². The fourth-order valence-corrected chi connectivity index (χ4v) is 6.48. The molecule has 1 atom stereocenters. The van der Waals surface area contributed by atoms with Gasteiger partial charge in [-0.3, -0.25) is 0 Å². The van der Waals surface area contributed by atoms with Crippen LogP contribution in [0.15, 0.2) is 48.7 Å². The molecule has 5 heteroatoms. The number of aromatic nitrogens is 4. The second-order valence-electron chi connectivity index (χ2n) is 10.9. The van der Waals surface area contributed by atoms with Crippen molar-refractivity contribution in [2.75, 3.05) is 6.54 Å². The number of nitrogens with zero attached hydrogens (tertiary/aromatic N) is 2. The van der Waals surface area contributed by atoms with Crippen molar-refractivity contribution in [3.8, 4) is 33.6 Å². The summed E-state index contributed by atoms with van der Waals surface area (Å²) in [7, 11) is 0. The SMILES string of the molecule is c1cc(-c2cnc(C3CCCC3)[nH]2)ccc1-c1ccc2c(c1)CCCCc1[nH]c([C@@H]3CCCN3)nc1-2. The van der Waals surface area contributed by atoms with Crippen LogP contribution in [0.4, 0.5) is 0 Å².